The Labute approximate surface area is 215 Å². The molecule has 9 heteroatoms. The smallest absolute Gasteiger partial charge is 0.256 e. The van der Waals surface area contributed by atoms with Crippen LogP contribution >= 0.6 is 38.9 Å². The second-order valence-electron chi connectivity index (χ2n) is 7.52. The topological polar surface area (TPSA) is 69.6 Å². The van der Waals surface area contributed by atoms with Gasteiger partial charge in [0.2, 0.25) is 5.13 Å². The van der Waals surface area contributed by atoms with E-state index >= 15 is 0 Å². The SMILES string of the molecule is CN(C)c1ccc(/C=N\Nc2nc(-c3ccc(Cl)cc3)c(NC(=O)c3ccc(Br)cc3)s2)cc1. The number of anilines is 3. The number of rotatable bonds is 7. The van der Waals surface area contributed by atoms with Crippen LogP contribution in [0.4, 0.5) is 15.8 Å². The highest BCUT2D eigenvalue weighted by Gasteiger charge is 2.16. The first kappa shape index (κ1) is 23.9. The number of benzene rings is 3. The molecule has 4 rings (SSSR count). The molecule has 0 spiro atoms. The van der Waals surface area contributed by atoms with E-state index in [1.807, 2.05) is 67.5 Å². The van der Waals surface area contributed by atoms with Crippen LogP contribution < -0.4 is 15.6 Å². The fourth-order valence-electron chi connectivity index (χ4n) is 3.05. The minimum atomic E-state index is -0.220. The highest BCUT2D eigenvalue weighted by molar-refractivity contribution is 9.10. The molecule has 0 fully saturated rings. The summed E-state index contributed by atoms with van der Waals surface area (Å²) in [6.45, 7) is 0. The summed E-state index contributed by atoms with van der Waals surface area (Å²) in [5.74, 6) is -0.220. The Kier molecular flexibility index (Phi) is 7.62. The number of hydrogen-bond donors (Lipinski definition) is 2. The van der Waals surface area contributed by atoms with E-state index in [0.29, 0.717) is 26.4 Å². The summed E-state index contributed by atoms with van der Waals surface area (Å²) in [6, 6.07) is 22.5. The lowest BCUT2D eigenvalue weighted by molar-refractivity contribution is 0.102. The minimum Gasteiger partial charge on any atom is -0.378 e. The molecule has 0 aliphatic rings. The van der Waals surface area contributed by atoms with Gasteiger partial charge in [-0.1, -0.05) is 63.1 Å². The summed E-state index contributed by atoms with van der Waals surface area (Å²) in [5.41, 5.74) is 7.07. The molecule has 0 unspecified atom stereocenters. The van der Waals surface area contributed by atoms with E-state index in [1.165, 1.54) is 11.3 Å². The van der Waals surface area contributed by atoms with Crippen molar-refractivity contribution in [2.75, 3.05) is 29.7 Å². The Morgan fingerprint density at radius 3 is 2.35 bits per heavy atom. The van der Waals surface area contributed by atoms with Gasteiger partial charge in [0.25, 0.3) is 5.91 Å². The van der Waals surface area contributed by atoms with Crippen LogP contribution in [-0.4, -0.2) is 31.2 Å². The van der Waals surface area contributed by atoms with Crippen LogP contribution in [0.1, 0.15) is 15.9 Å². The average Bonchev–Trinajstić information content (AvgIpc) is 3.22. The standard InChI is InChI=1S/C25H21BrClN5OS/c1-32(2)21-13-3-16(4-14-21)15-28-31-25-29-22(17-7-11-20(27)12-8-17)24(34-25)30-23(33)18-5-9-19(26)10-6-18/h3-15H,1-2H3,(H,29,31)(H,30,33)/b28-15-. The molecular weight excluding hydrogens is 534 g/mol. The fraction of sp³-hybridized carbons (Fsp3) is 0.0800. The van der Waals surface area contributed by atoms with Crippen LogP contribution in [0, 0.1) is 0 Å². The van der Waals surface area contributed by atoms with Gasteiger partial charge in [-0.05, 0) is 54.1 Å². The summed E-state index contributed by atoms with van der Waals surface area (Å²) >= 11 is 10.7. The number of thiazole rings is 1. The zero-order valence-electron chi connectivity index (χ0n) is 18.4. The van der Waals surface area contributed by atoms with E-state index in [0.717, 1.165) is 21.3 Å². The maximum absolute atomic E-state index is 12.8. The maximum Gasteiger partial charge on any atom is 0.256 e. The van der Waals surface area contributed by atoms with E-state index in [9.17, 15) is 4.79 Å². The molecule has 1 heterocycles. The molecule has 0 aliphatic heterocycles. The summed E-state index contributed by atoms with van der Waals surface area (Å²) in [4.78, 5) is 19.5. The van der Waals surface area contributed by atoms with E-state index in [4.69, 9.17) is 11.6 Å². The van der Waals surface area contributed by atoms with E-state index in [1.54, 1.807) is 30.5 Å². The van der Waals surface area contributed by atoms with Gasteiger partial charge in [0.1, 0.15) is 10.7 Å². The van der Waals surface area contributed by atoms with Gasteiger partial charge in [0, 0.05) is 40.4 Å². The summed E-state index contributed by atoms with van der Waals surface area (Å²) in [6.07, 6.45) is 1.73. The molecule has 0 aliphatic carbocycles. The van der Waals surface area contributed by atoms with Gasteiger partial charge in [-0.15, -0.1) is 0 Å². The van der Waals surface area contributed by atoms with Crippen molar-refractivity contribution in [1.82, 2.24) is 4.98 Å². The van der Waals surface area contributed by atoms with Crippen molar-refractivity contribution in [2.45, 2.75) is 0 Å². The number of nitrogens with one attached hydrogen (secondary N) is 2. The number of nitrogens with zero attached hydrogens (tertiary/aromatic N) is 3. The monoisotopic (exact) mass is 553 g/mol. The summed E-state index contributed by atoms with van der Waals surface area (Å²) < 4.78 is 0.907. The Hall–Kier alpha value is -3.20. The molecule has 1 amide bonds. The number of amides is 1. The van der Waals surface area contributed by atoms with Crippen molar-refractivity contribution in [3.8, 4) is 11.3 Å². The Morgan fingerprint density at radius 1 is 1.03 bits per heavy atom. The molecule has 0 atom stereocenters. The lowest BCUT2D eigenvalue weighted by Crippen LogP contribution is -2.11. The first-order valence-electron chi connectivity index (χ1n) is 10.3. The molecular formula is C25H21BrClN5OS. The van der Waals surface area contributed by atoms with Crippen LogP contribution in [0.5, 0.6) is 0 Å². The molecule has 4 aromatic rings. The summed E-state index contributed by atoms with van der Waals surface area (Å²) in [5, 5.41) is 9.09. The minimum absolute atomic E-state index is 0.220. The highest BCUT2D eigenvalue weighted by Crippen LogP contribution is 2.36. The Balaban J connectivity index is 1.56. The second-order valence-corrected chi connectivity index (χ2v) is 9.87. The Bertz CT molecular complexity index is 1300. The number of aromatic nitrogens is 1. The van der Waals surface area contributed by atoms with Crippen LogP contribution in [0.3, 0.4) is 0 Å². The average molecular weight is 555 g/mol. The van der Waals surface area contributed by atoms with Gasteiger partial charge in [-0.25, -0.2) is 4.98 Å². The van der Waals surface area contributed by atoms with Crippen molar-refractivity contribution in [3.63, 3.8) is 0 Å². The third kappa shape index (κ3) is 6.02. The third-order valence-electron chi connectivity index (χ3n) is 4.86. The van der Waals surface area contributed by atoms with Gasteiger partial charge in [-0.3, -0.25) is 10.2 Å². The van der Waals surface area contributed by atoms with Crippen molar-refractivity contribution in [1.29, 1.82) is 0 Å². The molecule has 0 radical (unpaired) electrons. The van der Waals surface area contributed by atoms with Crippen LogP contribution in [-0.2, 0) is 0 Å². The number of halogens is 2. The molecule has 0 saturated carbocycles. The van der Waals surface area contributed by atoms with Gasteiger partial charge < -0.3 is 10.2 Å². The highest BCUT2D eigenvalue weighted by atomic mass is 79.9. The van der Waals surface area contributed by atoms with E-state index in [-0.39, 0.29) is 5.91 Å². The normalized spacial score (nSPS) is 10.9. The number of carbonyl (C=O) groups is 1. The zero-order chi connectivity index (χ0) is 24.1. The van der Waals surface area contributed by atoms with Crippen molar-refractivity contribution < 1.29 is 4.79 Å². The molecule has 1 aromatic heterocycles. The lowest BCUT2D eigenvalue weighted by atomic mass is 10.1. The fourth-order valence-corrected chi connectivity index (χ4v) is 4.28. The largest absolute Gasteiger partial charge is 0.378 e. The van der Waals surface area contributed by atoms with Gasteiger partial charge >= 0.3 is 0 Å². The third-order valence-corrected chi connectivity index (χ3v) is 6.52. The molecule has 172 valence electrons. The van der Waals surface area contributed by atoms with Gasteiger partial charge in [0.05, 0.1) is 6.21 Å². The van der Waals surface area contributed by atoms with Crippen molar-refractivity contribution >= 4 is 66.8 Å². The first-order chi connectivity index (χ1) is 16.4. The molecule has 0 saturated heterocycles. The van der Waals surface area contributed by atoms with E-state index < -0.39 is 0 Å². The predicted molar refractivity (Wildman–Crippen MR) is 147 cm³/mol. The van der Waals surface area contributed by atoms with Crippen molar-refractivity contribution in [3.05, 3.63) is 93.4 Å². The number of hydrazone groups is 1. The Morgan fingerprint density at radius 2 is 1.71 bits per heavy atom. The van der Waals surface area contributed by atoms with E-state index in [2.05, 4.69) is 36.8 Å². The van der Waals surface area contributed by atoms with Crippen molar-refractivity contribution in [2.24, 2.45) is 5.10 Å². The molecule has 34 heavy (non-hydrogen) atoms. The molecule has 2 N–H and O–H groups in total. The lowest BCUT2D eigenvalue weighted by Gasteiger charge is -2.11. The summed E-state index contributed by atoms with van der Waals surface area (Å²) in [7, 11) is 4.00. The molecule has 0 bridgehead atoms. The van der Waals surface area contributed by atoms with Crippen LogP contribution in [0.2, 0.25) is 5.02 Å². The molecule has 3 aromatic carbocycles. The number of carbonyl (C=O) groups excluding carboxylic acids is 1. The zero-order valence-corrected chi connectivity index (χ0v) is 21.6. The van der Waals surface area contributed by atoms with Crippen LogP contribution in [0.15, 0.2) is 82.4 Å². The predicted octanol–water partition coefficient (Wildman–Crippen LogP) is 6.99. The maximum atomic E-state index is 12.8. The van der Waals surface area contributed by atoms with Gasteiger partial charge in [-0.2, -0.15) is 5.10 Å². The quantitative estimate of drug-likeness (QED) is 0.191. The van der Waals surface area contributed by atoms with Gasteiger partial charge in [0.15, 0.2) is 0 Å². The molecule has 6 nitrogen and oxygen atoms in total. The number of hydrogen-bond acceptors (Lipinski definition) is 6. The van der Waals surface area contributed by atoms with Crippen LogP contribution in [0.25, 0.3) is 11.3 Å². The first-order valence-corrected chi connectivity index (χ1v) is 12.3. The second kappa shape index (κ2) is 10.8.